The second kappa shape index (κ2) is 7.06. The lowest BCUT2D eigenvalue weighted by Gasteiger charge is -2.20. The van der Waals surface area contributed by atoms with E-state index < -0.39 is 10.0 Å². The molecule has 5 nitrogen and oxygen atoms in total. The van der Waals surface area contributed by atoms with Crippen molar-refractivity contribution < 1.29 is 13.2 Å². The van der Waals surface area contributed by atoms with Gasteiger partial charge in [0.25, 0.3) is 0 Å². The van der Waals surface area contributed by atoms with E-state index in [0.717, 1.165) is 5.56 Å². The van der Waals surface area contributed by atoms with Crippen LogP contribution in [-0.2, 0) is 14.8 Å². The number of benzene rings is 1. The van der Waals surface area contributed by atoms with Crippen LogP contribution in [0.5, 0.6) is 0 Å². The smallest absolute Gasteiger partial charge is 0.227 e. The van der Waals surface area contributed by atoms with Crippen LogP contribution in [0.2, 0.25) is 5.02 Å². The summed E-state index contributed by atoms with van der Waals surface area (Å²) in [6.45, 7) is 3.84. The van der Waals surface area contributed by atoms with Crippen molar-refractivity contribution in [1.29, 1.82) is 0 Å². The van der Waals surface area contributed by atoms with E-state index in [9.17, 15) is 13.2 Å². The van der Waals surface area contributed by atoms with Crippen molar-refractivity contribution in [3.63, 3.8) is 0 Å². The molecule has 0 spiro atoms. The molecule has 7 heteroatoms. The molecule has 112 valence electrons. The SMILES string of the molecule is CC(C)C(C(=O)NCCS(N)(=O)=O)c1cccc(Cl)c1. The minimum absolute atomic E-state index is 0.00144. The molecule has 1 aromatic rings. The lowest BCUT2D eigenvalue weighted by atomic mass is 9.87. The van der Waals surface area contributed by atoms with Gasteiger partial charge in [-0.05, 0) is 23.6 Å². The number of sulfonamides is 1. The summed E-state index contributed by atoms with van der Waals surface area (Å²) < 4.78 is 21.7. The molecule has 1 unspecified atom stereocenters. The van der Waals surface area contributed by atoms with Crippen LogP contribution < -0.4 is 10.5 Å². The fourth-order valence-corrected chi connectivity index (χ4v) is 2.55. The minimum Gasteiger partial charge on any atom is -0.354 e. The van der Waals surface area contributed by atoms with E-state index in [1.165, 1.54) is 0 Å². The van der Waals surface area contributed by atoms with Gasteiger partial charge >= 0.3 is 0 Å². The van der Waals surface area contributed by atoms with E-state index >= 15 is 0 Å². The average Bonchev–Trinajstić information content (AvgIpc) is 2.26. The fourth-order valence-electron chi connectivity index (χ4n) is 1.97. The van der Waals surface area contributed by atoms with Gasteiger partial charge in [-0.1, -0.05) is 37.6 Å². The molecule has 20 heavy (non-hydrogen) atoms. The zero-order valence-electron chi connectivity index (χ0n) is 11.5. The first-order valence-electron chi connectivity index (χ1n) is 6.24. The molecule has 0 saturated carbocycles. The number of nitrogens with two attached hydrogens (primary N) is 1. The summed E-state index contributed by atoms with van der Waals surface area (Å²) in [5.74, 6) is -0.831. The number of primary sulfonamides is 1. The Kier molecular flexibility index (Phi) is 5.98. The van der Waals surface area contributed by atoms with Gasteiger partial charge in [0, 0.05) is 11.6 Å². The number of hydrogen-bond donors (Lipinski definition) is 2. The quantitative estimate of drug-likeness (QED) is 0.832. The Morgan fingerprint density at radius 2 is 2.05 bits per heavy atom. The summed E-state index contributed by atoms with van der Waals surface area (Å²) in [5, 5.41) is 8.05. The Morgan fingerprint density at radius 3 is 2.55 bits per heavy atom. The third-order valence-electron chi connectivity index (χ3n) is 2.84. The van der Waals surface area contributed by atoms with Crippen LogP contribution in [0.25, 0.3) is 0 Å². The van der Waals surface area contributed by atoms with Gasteiger partial charge in [0.05, 0.1) is 11.7 Å². The fraction of sp³-hybridized carbons (Fsp3) is 0.462. The van der Waals surface area contributed by atoms with Crippen LogP contribution in [0.15, 0.2) is 24.3 Å². The zero-order chi connectivity index (χ0) is 15.3. The molecule has 1 atom stereocenters. The van der Waals surface area contributed by atoms with Crippen molar-refractivity contribution in [2.24, 2.45) is 11.1 Å². The van der Waals surface area contributed by atoms with Gasteiger partial charge in [0.2, 0.25) is 15.9 Å². The van der Waals surface area contributed by atoms with Crippen LogP contribution >= 0.6 is 11.6 Å². The number of carbonyl (C=O) groups is 1. The Hall–Kier alpha value is -1.11. The molecule has 1 amide bonds. The minimum atomic E-state index is -3.57. The van der Waals surface area contributed by atoms with Crippen LogP contribution in [0.4, 0.5) is 0 Å². The second-order valence-corrected chi connectivity index (χ2v) is 7.11. The first kappa shape index (κ1) is 16.9. The summed E-state index contributed by atoms with van der Waals surface area (Å²) in [6.07, 6.45) is 0. The summed E-state index contributed by atoms with van der Waals surface area (Å²) in [5.41, 5.74) is 0.806. The molecule has 1 aromatic carbocycles. The molecule has 0 radical (unpaired) electrons. The van der Waals surface area contributed by atoms with E-state index in [4.69, 9.17) is 16.7 Å². The van der Waals surface area contributed by atoms with Gasteiger partial charge in [0.15, 0.2) is 0 Å². The van der Waals surface area contributed by atoms with Crippen molar-refractivity contribution in [3.05, 3.63) is 34.9 Å². The molecule has 0 bridgehead atoms. The molecule has 3 N–H and O–H groups in total. The highest BCUT2D eigenvalue weighted by Crippen LogP contribution is 2.26. The summed E-state index contributed by atoms with van der Waals surface area (Å²) in [4.78, 5) is 12.2. The van der Waals surface area contributed by atoms with Crippen LogP contribution in [0.3, 0.4) is 0 Å². The van der Waals surface area contributed by atoms with Gasteiger partial charge in [0.1, 0.15) is 0 Å². The summed E-state index contributed by atoms with van der Waals surface area (Å²) >= 11 is 5.93. The number of carbonyl (C=O) groups excluding carboxylic acids is 1. The lowest BCUT2D eigenvalue weighted by molar-refractivity contribution is -0.123. The number of halogens is 1. The Morgan fingerprint density at radius 1 is 1.40 bits per heavy atom. The predicted octanol–water partition coefficient (Wildman–Crippen LogP) is 1.48. The number of amides is 1. The summed E-state index contributed by atoms with van der Waals surface area (Å²) in [6, 6.07) is 7.09. The largest absolute Gasteiger partial charge is 0.354 e. The van der Waals surface area contributed by atoms with Crippen molar-refractivity contribution >= 4 is 27.5 Å². The number of nitrogens with one attached hydrogen (secondary N) is 1. The first-order valence-corrected chi connectivity index (χ1v) is 8.33. The lowest BCUT2D eigenvalue weighted by Crippen LogP contribution is -2.36. The maximum absolute atomic E-state index is 12.2. The van der Waals surface area contributed by atoms with Crippen molar-refractivity contribution in [1.82, 2.24) is 5.32 Å². The Labute approximate surface area is 124 Å². The third kappa shape index (κ3) is 5.48. The van der Waals surface area contributed by atoms with Crippen LogP contribution in [0, 0.1) is 5.92 Å². The monoisotopic (exact) mass is 318 g/mol. The van der Waals surface area contributed by atoms with E-state index in [1.54, 1.807) is 18.2 Å². The Bertz CT molecular complexity index is 573. The molecular weight excluding hydrogens is 300 g/mol. The van der Waals surface area contributed by atoms with Crippen molar-refractivity contribution in [2.45, 2.75) is 19.8 Å². The normalized spacial score (nSPS) is 13.2. The van der Waals surface area contributed by atoms with E-state index in [-0.39, 0.29) is 30.0 Å². The van der Waals surface area contributed by atoms with E-state index in [1.807, 2.05) is 19.9 Å². The Balaban J connectivity index is 2.79. The van der Waals surface area contributed by atoms with Gasteiger partial charge in [-0.15, -0.1) is 0 Å². The van der Waals surface area contributed by atoms with Gasteiger partial charge in [-0.3, -0.25) is 4.79 Å². The highest BCUT2D eigenvalue weighted by Gasteiger charge is 2.24. The molecule has 0 aromatic heterocycles. The van der Waals surface area contributed by atoms with Gasteiger partial charge < -0.3 is 5.32 Å². The number of hydrogen-bond acceptors (Lipinski definition) is 3. The third-order valence-corrected chi connectivity index (χ3v) is 3.85. The number of rotatable bonds is 6. The average molecular weight is 319 g/mol. The molecule has 1 rings (SSSR count). The first-order chi connectivity index (χ1) is 9.20. The standard InChI is InChI=1S/C13H19ClN2O3S/c1-9(2)12(10-4-3-5-11(14)8-10)13(17)16-6-7-20(15,18)19/h3-5,8-9,12H,6-7H2,1-2H3,(H,16,17)(H2,15,18,19). The molecule has 0 aliphatic heterocycles. The zero-order valence-corrected chi connectivity index (χ0v) is 13.0. The maximum Gasteiger partial charge on any atom is 0.227 e. The topological polar surface area (TPSA) is 89.3 Å². The molecule has 0 aliphatic carbocycles. The molecular formula is C13H19ClN2O3S. The molecule has 0 heterocycles. The van der Waals surface area contributed by atoms with Gasteiger partial charge in [-0.25, -0.2) is 13.6 Å². The highest BCUT2D eigenvalue weighted by atomic mass is 35.5. The molecule has 0 saturated heterocycles. The molecule has 0 aliphatic rings. The predicted molar refractivity (Wildman–Crippen MR) is 80.0 cm³/mol. The maximum atomic E-state index is 12.2. The van der Waals surface area contributed by atoms with E-state index in [0.29, 0.717) is 5.02 Å². The van der Waals surface area contributed by atoms with Crippen molar-refractivity contribution in [2.75, 3.05) is 12.3 Å². The van der Waals surface area contributed by atoms with Gasteiger partial charge in [-0.2, -0.15) is 0 Å². The summed E-state index contributed by atoms with van der Waals surface area (Å²) in [7, 11) is -3.57. The highest BCUT2D eigenvalue weighted by molar-refractivity contribution is 7.89. The second-order valence-electron chi connectivity index (χ2n) is 4.93. The van der Waals surface area contributed by atoms with E-state index in [2.05, 4.69) is 5.32 Å². The van der Waals surface area contributed by atoms with Crippen molar-refractivity contribution in [3.8, 4) is 0 Å². The molecule has 0 fully saturated rings. The van der Waals surface area contributed by atoms with Crippen LogP contribution in [-0.4, -0.2) is 26.6 Å². The van der Waals surface area contributed by atoms with Crippen LogP contribution in [0.1, 0.15) is 25.3 Å².